The Bertz CT molecular complexity index is 431. The lowest BCUT2D eigenvalue weighted by Gasteiger charge is -2.46. The molecule has 1 aromatic rings. The Hall–Kier alpha value is -1.09. The monoisotopic (exact) mass is 248 g/mol. The highest BCUT2D eigenvalue weighted by Crippen LogP contribution is 2.32. The minimum absolute atomic E-state index is 0.0848. The van der Waals surface area contributed by atoms with Gasteiger partial charge in [-0.3, -0.25) is 0 Å². The summed E-state index contributed by atoms with van der Waals surface area (Å²) >= 11 is 0. The predicted molar refractivity (Wildman–Crippen MR) is 72.5 cm³/mol. The van der Waals surface area contributed by atoms with Crippen molar-refractivity contribution >= 4 is 5.69 Å². The Morgan fingerprint density at radius 2 is 2.11 bits per heavy atom. The van der Waals surface area contributed by atoms with Crippen LogP contribution < -0.4 is 10.2 Å². The molecule has 1 aliphatic heterocycles. The van der Waals surface area contributed by atoms with Gasteiger partial charge in [0.1, 0.15) is 5.82 Å². The van der Waals surface area contributed by atoms with Crippen molar-refractivity contribution < 1.29 is 4.39 Å². The molecule has 1 aromatic carbocycles. The number of hydrogen-bond donors (Lipinski definition) is 1. The van der Waals surface area contributed by atoms with Crippen LogP contribution in [0.25, 0.3) is 0 Å². The second-order valence-corrected chi connectivity index (χ2v) is 5.49. The summed E-state index contributed by atoms with van der Waals surface area (Å²) in [5.41, 5.74) is 1.89. The summed E-state index contributed by atoms with van der Waals surface area (Å²) in [6.45, 7) is 3.90. The number of piperazine rings is 1. The average Bonchev–Trinajstić information content (AvgIpc) is 2.41. The van der Waals surface area contributed by atoms with Crippen molar-refractivity contribution in [3.05, 3.63) is 29.6 Å². The van der Waals surface area contributed by atoms with Crippen LogP contribution in [0.5, 0.6) is 0 Å². The SMILES string of the molecule is Cc1c(F)cccc1N1CCN[C@H]2CCCC[C@H]21. The topological polar surface area (TPSA) is 15.3 Å². The zero-order valence-electron chi connectivity index (χ0n) is 11.0. The van der Waals surface area contributed by atoms with E-state index in [2.05, 4.69) is 16.3 Å². The van der Waals surface area contributed by atoms with E-state index < -0.39 is 0 Å². The van der Waals surface area contributed by atoms with E-state index in [0.29, 0.717) is 12.1 Å². The number of anilines is 1. The number of fused-ring (bicyclic) bond motifs is 1. The van der Waals surface area contributed by atoms with Gasteiger partial charge in [-0.1, -0.05) is 18.9 Å². The maximum absolute atomic E-state index is 13.7. The molecule has 2 aliphatic rings. The number of nitrogens with zero attached hydrogens (tertiary/aromatic N) is 1. The normalized spacial score (nSPS) is 28.0. The van der Waals surface area contributed by atoms with Crippen molar-refractivity contribution in [1.29, 1.82) is 0 Å². The molecule has 1 saturated heterocycles. The molecule has 2 nitrogen and oxygen atoms in total. The van der Waals surface area contributed by atoms with Gasteiger partial charge in [-0.05, 0) is 31.9 Å². The summed E-state index contributed by atoms with van der Waals surface area (Å²) in [5.74, 6) is -0.0848. The molecule has 2 atom stereocenters. The molecule has 0 bridgehead atoms. The second-order valence-electron chi connectivity index (χ2n) is 5.49. The molecule has 0 amide bonds. The maximum atomic E-state index is 13.7. The van der Waals surface area contributed by atoms with Gasteiger partial charge in [0, 0.05) is 36.4 Å². The highest BCUT2D eigenvalue weighted by atomic mass is 19.1. The van der Waals surface area contributed by atoms with E-state index in [1.807, 2.05) is 13.0 Å². The Morgan fingerprint density at radius 3 is 3.00 bits per heavy atom. The lowest BCUT2D eigenvalue weighted by molar-refractivity contribution is 0.284. The Balaban J connectivity index is 1.92. The smallest absolute Gasteiger partial charge is 0.128 e. The summed E-state index contributed by atoms with van der Waals surface area (Å²) < 4.78 is 13.7. The van der Waals surface area contributed by atoms with E-state index in [9.17, 15) is 4.39 Å². The van der Waals surface area contributed by atoms with E-state index in [1.165, 1.54) is 25.7 Å². The third-order valence-corrected chi connectivity index (χ3v) is 4.44. The molecule has 3 rings (SSSR count). The highest BCUT2D eigenvalue weighted by Gasteiger charge is 2.33. The molecule has 1 N–H and O–H groups in total. The zero-order valence-corrected chi connectivity index (χ0v) is 11.0. The van der Waals surface area contributed by atoms with Gasteiger partial charge in [-0.25, -0.2) is 4.39 Å². The van der Waals surface area contributed by atoms with Crippen molar-refractivity contribution in [3.8, 4) is 0 Å². The third kappa shape index (κ3) is 2.01. The van der Waals surface area contributed by atoms with E-state index in [0.717, 1.165) is 24.3 Å². The van der Waals surface area contributed by atoms with Crippen LogP contribution in [0.2, 0.25) is 0 Å². The quantitative estimate of drug-likeness (QED) is 0.822. The van der Waals surface area contributed by atoms with Crippen LogP contribution in [-0.4, -0.2) is 25.2 Å². The molecule has 18 heavy (non-hydrogen) atoms. The van der Waals surface area contributed by atoms with E-state index in [1.54, 1.807) is 6.07 Å². The van der Waals surface area contributed by atoms with E-state index >= 15 is 0 Å². The number of nitrogens with one attached hydrogen (secondary N) is 1. The molecular formula is C15H21FN2. The van der Waals surface area contributed by atoms with Crippen LogP contribution in [0.4, 0.5) is 10.1 Å². The largest absolute Gasteiger partial charge is 0.365 e. The van der Waals surface area contributed by atoms with Gasteiger partial charge in [0.15, 0.2) is 0 Å². The lowest BCUT2D eigenvalue weighted by atomic mass is 9.87. The first-order valence-electron chi connectivity index (χ1n) is 7.02. The Labute approximate surface area is 108 Å². The number of benzene rings is 1. The number of rotatable bonds is 1. The van der Waals surface area contributed by atoms with Crippen molar-refractivity contribution in [2.45, 2.75) is 44.7 Å². The van der Waals surface area contributed by atoms with Crippen molar-refractivity contribution in [2.24, 2.45) is 0 Å². The number of hydrogen-bond acceptors (Lipinski definition) is 2. The zero-order chi connectivity index (χ0) is 12.5. The molecule has 0 radical (unpaired) electrons. The first-order valence-corrected chi connectivity index (χ1v) is 7.02. The maximum Gasteiger partial charge on any atom is 0.128 e. The molecule has 2 fully saturated rings. The predicted octanol–water partition coefficient (Wildman–Crippen LogP) is 2.85. The fourth-order valence-corrected chi connectivity index (χ4v) is 3.47. The molecule has 3 heteroatoms. The fraction of sp³-hybridized carbons (Fsp3) is 0.600. The minimum atomic E-state index is -0.0848. The van der Waals surface area contributed by atoms with Crippen molar-refractivity contribution in [1.82, 2.24) is 5.32 Å². The summed E-state index contributed by atoms with van der Waals surface area (Å²) in [6, 6.07) is 6.59. The molecule has 1 heterocycles. The molecule has 0 spiro atoms. The van der Waals surface area contributed by atoms with Gasteiger partial charge in [0.2, 0.25) is 0 Å². The van der Waals surface area contributed by atoms with Crippen LogP contribution in [-0.2, 0) is 0 Å². The first kappa shape index (κ1) is 12.0. The van der Waals surface area contributed by atoms with Crippen LogP contribution in [0, 0.1) is 12.7 Å². The van der Waals surface area contributed by atoms with Crippen LogP contribution in [0.1, 0.15) is 31.2 Å². The van der Waals surface area contributed by atoms with Crippen LogP contribution >= 0.6 is 0 Å². The van der Waals surface area contributed by atoms with Gasteiger partial charge in [0.05, 0.1) is 0 Å². The third-order valence-electron chi connectivity index (χ3n) is 4.44. The highest BCUT2D eigenvalue weighted by molar-refractivity contribution is 5.55. The second kappa shape index (κ2) is 4.88. The molecular weight excluding hydrogens is 227 g/mol. The van der Waals surface area contributed by atoms with Gasteiger partial charge < -0.3 is 10.2 Å². The van der Waals surface area contributed by atoms with Gasteiger partial charge in [-0.2, -0.15) is 0 Å². The van der Waals surface area contributed by atoms with Gasteiger partial charge >= 0.3 is 0 Å². The molecule has 1 aliphatic carbocycles. The standard InChI is InChI=1S/C15H21FN2/c1-11-12(16)5-4-8-14(11)18-10-9-17-13-6-2-3-7-15(13)18/h4-5,8,13,15,17H,2-3,6-7,9-10H2,1H3/t13-,15+/m0/s1. The van der Waals surface area contributed by atoms with Crippen molar-refractivity contribution in [3.63, 3.8) is 0 Å². The van der Waals surface area contributed by atoms with Crippen LogP contribution in [0.15, 0.2) is 18.2 Å². The Kier molecular flexibility index (Phi) is 3.25. The van der Waals surface area contributed by atoms with Crippen molar-refractivity contribution in [2.75, 3.05) is 18.0 Å². The Morgan fingerprint density at radius 1 is 1.28 bits per heavy atom. The fourth-order valence-electron chi connectivity index (χ4n) is 3.47. The molecule has 98 valence electrons. The summed E-state index contributed by atoms with van der Waals surface area (Å²) in [5, 5.41) is 3.62. The number of halogens is 1. The van der Waals surface area contributed by atoms with Gasteiger partial charge in [-0.15, -0.1) is 0 Å². The van der Waals surface area contributed by atoms with Gasteiger partial charge in [0.25, 0.3) is 0 Å². The molecule has 0 aromatic heterocycles. The minimum Gasteiger partial charge on any atom is -0.365 e. The summed E-state index contributed by atoms with van der Waals surface area (Å²) in [4.78, 5) is 2.43. The average molecular weight is 248 g/mol. The molecule has 1 saturated carbocycles. The summed E-state index contributed by atoms with van der Waals surface area (Å²) in [6.07, 6.45) is 5.11. The molecule has 0 unspecified atom stereocenters. The van der Waals surface area contributed by atoms with Crippen LogP contribution in [0.3, 0.4) is 0 Å². The van der Waals surface area contributed by atoms with E-state index in [-0.39, 0.29) is 5.82 Å². The van der Waals surface area contributed by atoms with E-state index in [4.69, 9.17) is 0 Å². The lowest BCUT2D eigenvalue weighted by Crippen LogP contribution is -2.59. The summed E-state index contributed by atoms with van der Waals surface area (Å²) in [7, 11) is 0. The first-order chi connectivity index (χ1) is 8.77.